The molecule has 1 unspecified atom stereocenters. The number of piperidine rings is 1. The van der Waals surface area contributed by atoms with Gasteiger partial charge < -0.3 is 20.7 Å². The van der Waals surface area contributed by atoms with Crippen LogP contribution in [0.4, 0.5) is 8.78 Å². The van der Waals surface area contributed by atoms with E-state index in [-0.39, 0.29) is 23.3 Å². The Hall–Kier alpha value is -2.06. The van der Waals surface area contributed by atoms with Gasteiger partial charge >= 0.3 is 0 Å². The number of methoxy groups -OCH3 is 1. The number of hydrogen-bond acceptors (Lipinski definition) is 4. The summed E-state index contributed by atoms with van der Waals surface area (Å²) in [6.07, 6.45) is 1.62. The van der Waals surface area contributed by atoms with E-state index in [4.69, 9.17) is 4.74 Å². The van der Waals surface area contributed by atoms with Crippen LogP contribution in [0.15, 0.2) is 18.2 Å². The summed E-state index contributed by atoms with van der Waals surface area (Å²) >= 11 is 0. The molecule has 1 saturated heterocycles. The molecule has 27 heavy (non-hydrogen) atoms. The Kier molecular flexibility index (Phi) is 7.67. The normalized spacial score (nSPS) is 17.2. The van der Waals surface area contributed by atoms with E-state index in [2.05, 4.69) is 16.0 Å². The fraction of sp³-hybridized carbons (Fsp3) is 0.579. The maximum Gasteiger partial charge on any atom is 0.222 e. The Bertz CT molecular complexity index is 658. The van der Waals surface area contributed by atoms with Crippen molar-refractivity contribution in [2.24, 2.45) is 5.41 Å². The number of nitrogens with one attached hydrogen (secondary N) is 3. The average molecular weight is 383 g/mol. The minimum absolute atomic E-state index is 0.0789. The van der Waals surface area contributed by atoms with E-state index in [0.717, 1.165) is 38.1 Å². The number of rotatable bonds is 8. The molecule has 1 aromatic rings. The van der Waals surface area contributed by atoms with Crippen LogP contribution in [-0.4, -0.2) is 45.2 Å². The van der Waals surface area contributed by atoms with E-state index >= 15 is 0 Å². The molecule has 1 aliphatic heterocycles. The fourth-order valence-corrected chi connectivity index (χ4v) is 3.45. The Morgan fingerprint density at radius 3 is 2.59 bits per heavy atom. The first-order valence-electron chi connectivity index (χ1n) is 9.04. The van der Waals surface area contributed by atoms with Crippen LogP contribution in [0.3, 0.4) is 0 Å². The van der Waals surface area contributed by atoms with Crippen molar-refractivity contribution in [3.63, 3.8) is 0 Å². The number of carbonyl (C=O) groups excluding carboxylic acids is 2. The highest BCUT2D eigenvalue weighted by Gasteiger charge is 2.33. The molecule has 0 saturated carbocycles. The van der Waals surface area contributed by atoms with Crippen LogP contribution in [-0.2, 0) is 14.3 Å². The third-order valence-electron chi connectivity index (χ3n) is 4.88. The lowest BCUT2D eigenvalue weighted by Crippen LogP contribution is -2.47. The lowest BCUT2D eigenvalue weighted by molar-refractivity contribution is -0.123. The Balaban J connectivity index is 2.03. The Morgan fingerprint density at radius 2 is 2.00 bits per heavy atom. The molecular formula is C19H27F2N3O3. The van der Waals surface area contributed by atoms with Gasteiger partial charge in [0.05, 0.1) is 19.1 Å². The fourth-order valence-electron chi connectivity index (χ4n) is 3.45. The van der Waals surface area contributed by atoms with Gasteiger partial charge in [-0.05, 0) is 32.0 Å². The summed E-state index contributed by atoms with van der Waals surface area (Å²) in [7, 11) is 1.63. The van der Waals surface area contributed by atoms with E-state index in [1.54, 1.807) is 7.11 Å². The molecule has 1 aliphatic rings. The van der Waals surface area contributed by atoms with Crippen LogP contribution in [0.1, 0.15) is 37.8 Å². The van der Waals surface area contributed by atoms with Gasteiger partial charge in [0.15, 0.2) is 0 Å². The smallest absolute Gasteiger partial charge is 0.222 e. The zero-order chi connectivity index (χ0) is 19.9. The predicted octanol–water partition coefficient (Wildman–Crippen LogP) is 1.66. The maximum absolute atomic E-state index is 14.1. The highest BCUT2D eigenvalue weighted by molar-refractivity contribution is 5.79. The van der Waals surface area contributed by atoms with Gasteiger partial charge in [-0.1, -0.05) is 6.07 Å². The van der Waals surface area contributed by atoms with Crippen LogP contribution in [0.2, 0.25) is 0 Å². The molecule has 0 bridgehead atoms. The molecule has 8 heteroatoms. The number of amides is 2. The minimum Gasteiger partial charge on any atom is -0.384 e. The summed E-state index contributed by atoms with van der Waals surface area (Å²) in [5, 5.41) is 8.73. The van der Waals surface area contributed by atoms with Crippen molar-refractivity contribution < 1.29 is 23.1 Å². The highest BCUT2D eigenvalue weighted by Crippen LogP contribution is 2.28. The molecule has 0 aromatic heterocycles. The number of ether oxygens (including phenoxy) is 1. The van der Waals surface area contributed by atoms with Gasteiger partial charge in [0.25, 0.3) is 0 Å². The molecule has 0 spiro atoms. The summed E-state index contributed by atoms with van der Waals surface area (Å²) in [4.78, 5) is 23.9. The van der Waals surface area contributed by atoms with Gasteiger partial charge in [0, 0.05) is 37.6 Å². The maximum atomic E-state index is 14.1. The second-order valence-corrected chi connectivity index (χ2v) is 7.08. The standard InChI is InChI=1S/C19H27F2N3O3/c1-13(25)24-17(15-4-3-14(20)9-16(15)21)10-18(26)23-11-19(12-27-2)5-7-22-8-6-19/h3-4,9,17,22H,5-8,10-12H2,1-2H3,(H,23,26)(H,24,25). The highest BCUT2D eigenvalue weighted by atomic mass is 19.1. The van der Waals surface area contributed by atoms with Crippen LogP contribution >= 0.6 is 0 Å². The van der Waals surface area contributed by atoms with Crippen molar-refractivity contribution >= 4 is 11.8 Å². The molecule has 1 atom stereocenters. The first-order chi connectivity index (χ1) is 12.8. The van der Waals surface area contributed by atoms with Crippen LogP contribution in [0.25, 0.3) is 0 Å². The second kappa shape index (κ2) is 9.75. The van der Waals surface area contributed by atoms with Crippen molar-refractivity contribution in [1.82, 2.24) is 16.0 Å². The molecular weight excluding hydrogens is 356 g/mol. The van der Waals surface area contributed by atoms with Crippen LogP contribution in [0, 0.1) is 17.0 Å². The first-order valence-corrected chi connectivity index (χ1v) is 9.04. The van der Waals surface area contributed by atoms with E-state index in [0.29, 0.717) is 13.2 Å². The largest absolute Gasteiger partial charge is 0.384 e. The average Bonchev–Trinajstić information content (AvgIpc) is 2.60. The van der Waals surface area contributed by atoms with Gasteiger partial charge in [-0.3, -0.25) is 9.59 Å². The van der Waals surface area contributed by atoms with E-state index in [9.17, 15) is 18.4 Å². The van der Waals surface area contributed by atoms with E-state index in [1.807, 2.05) is 0 Å². The van der Waals surface area contributed by atoms with Gasteiger partial charge in [-0.15, -0.1) is 0 Å². The number of halogens is 2. The van der Waals surface area contributed by atoms with E-state index < -0.39 is 23.6 Å². The lowest BCUT2D eigenvalue weighted by atomic mass is 9.79. The van der Waals surface area contributed by atoms with Crippen molar-refractivity contribution in [2.75, 3.05) is 33.4 Å². The molecule has 0 radical (unpaired) electrons. The van der Waals surface area contributed by atoms with Gasteiger partial charge in [0.1, 0.15) is 11.6 Å². The summed E-state index contributed by atoms with van der Waals surface area (Å²) in [6, 6.07) is 2.23. The molecule has 2 rings (SSSR count). The Morgan fingerprint density at radius 1 is 1.30 bits per heavy atom. The van der Waals surface area contributed by atoms with Gasteiger partial charge in [0.2, 0.25) is 11.8 Å². The summed E-state index contributed by atoms with van der Waals surface area (Å²) in [5.74, 6) is -2.22. The molecule has 2 amide bonds. The van der Waals surface area contributed by atoms with Gasteiger partial charge in [-0.25, -0.2) is 8.78 Å². The van der Waals surface area contributed by atoms with Gasteiger partial charge in [-0.2, -0.15) is 0 Å². The topological polar surface area (TPSA) is 79.5 Å². The molecule has 150 valence electrons. The second-order valence-electron chi connectivity index (χ2n) is 7.08. The zero-order valence-electron chi connectivity index (χ0n) is 15.7. The molecule has 1 aromatic carbocycles. The third-order valence-corrected chi connectivity index (χ3v) is 4.88. The number of carbonyl (C=O) groups is 2. The molecule has 6 nitrogen and oxygen atoms in total. The van der Waals surface area contributed by atoms with Crippen LogP contribution in [0.5, 0.6) is 0 Å². The summed E-state index contributed by atoms with van der Waals surface area (Å²) in [6.45, 7) is 3.98. The minimum atomic E-state index is -0.866. The lowest BCUT2D eigenvalue weighted by Gasteiger charge is -2.37. The van der Waals surface area contributed by atoms with Crippen LogP contribution < -0.4 is 16.0 Å². The first kappa shape index (κ1) is 21.2. The monoisotopic (exact) mass is 383 g/mol. The predicted molar refractivity (Wildman–Crippen MR) is 97.0 cm³/mol. The van der Waals surface area contributed by atoms with Crippen molar-refractivity contribution in [3.05, 3.63) is 35.4 Å². The van der Waals surface area contributed by atoms with Crippen molar-refractivity contribution in [2.45, 2.75) is 32.2 Å². The van der Waals surface area contributed by atoms with Crippen molar-refractivity contribution in [3.8, 4) is 0 Å². The quantitative estimate of drug-likeness (QED) is 0.638. The summed E-state index contributed by atoms with van der Waals surface area (Å²) < 4.78 is 32.6. The third kappa shape index (κ3) is 6.25. The number of benzene rings is 1. The SMILES string of the molecule is COCC1(CNC(=O)CC(NC(C)=O)c2ccc(F)cc2F)CCNCC1. The molecule has 0 aliphatic carbocycles. The summed E-state index contributed by atoms with van der Waals surface area (Å²) in [5.41, 5.74) is -0.0597. The van der Waals surface area contributed by atoms with Crippen molar-refractivity contribution in [1.29, 1.82) is 0 Å². The Labute approximate surface area is 158 Å². The number of hydrogen-bond donors (Lipinski definition) is 3. The van der Waals surface area contributed by atoms with E-state index in [1.165, 1.54) is 13.0 Å². The molecule has 1 fully saturated rings. The molecule has 3 N–H and O–H groups in total. The zero-order valence-corrected chi connectivity index (χ0v) is 15.7. The molecule has 1 heterocycles.